The van der Waals surface area contributed by atoms with Crippen molar-refractivity contribution in [1.82, 2.24) is 4.98 Å². The zero-order valence-corrected chi connectivity index (χ0v) is 13.4. The predicted octanol–water partition coefficient (Wildman–Crippen LogP) is 5.43. The van der Waals surface area contributed by atoms with E-state index in [1.807, 2.05) is 18.0 Å². The highest BCUT2D eigenvalue weighted by Crippen LogP contribution is 2.62. The molecule has 0 amide bonds. The molecule has 4 aliphatic carbocycles. The predicted molar refractivity (Wildman–Crippen MR) is 88.5 cm³/mol. The number of benzene rings is 1. The van der Waals surface area contributed by atoms with E-state index in [0.29, 0.717) is 4.75 Å². The largest absolute Gasteiger partial charge is 0.256 e. The smallest absolute Gasteiger partial charge is 0.124 e. The molecule has 0 N–H and O–H groups in total. The Kier molecular flexibility index (Phi) is 2.86. The number of thioether (sulfide) groups is 1. The van der Waals surface area contributed by atoms with E-state index in [1.54, 1.807) is 12.1 Å². The van der Waals surface area contributed by atoms with Gasteiger partial charge in [-0.25, -0.2) is 4.39 Å². The molecule has 0 aliphatic heterocycles. The van der Waals surface area contributed by atoms with Gasteiger partial charge in [-0.05, 0) is 80.5 Å². The molecule has 2 aromatic rings. The molecule has 1 heterocycles. The third-order valence-corrected chi connectivity index (χ3v) is 7.48. The van der Waals surface area contributed by atoms with Gasteiger partial charge in [0, 0.05) is 21.2 Å². The number of nitrogens with zero attached hydrogens (tertiary/aromatic N) is 1. The Morgan fingerprint density at radius 1 is 1.00 bits per heavy atom. The van der Waals surface area contributed by atoms with Crippen LogP contribution in [0.15, 0.2) is 35.4 Å². The molecule has 1 aromatic carbocycles. The van der Waals surface area contributed by atoms with E-state index >= 15 is 0 Å². The van der Waals surface area contributed by atoms with Crippen LogP contribution in [0.1, 0.15) is 38.5 Å². The van der Waals surface area contributed by atoms with Crippen LogP contribution in [0.25, 0.3) is 10.9 Å². The van der Waals surface area contributed by atoms with Gasteiger partial charge in [-0.2, -0.15) is 0 Å². The molecule has 0 atom stereocenters. The zero-order chi connectivity index (χ0) is 14.7. The van der Waals surface area contributed by atoms with Gasteiger partial charge in [0.05, 0.1) is 5.52 Å². The molecule has 0 spiro atoms. The monoisotopic (exact) mass is 313 g/mol. The first-order chi connectivity index (χ1) is 10.7. The summed E-state index contributed by atoms with van der Waals surface area (Å²) in [6.07, 6.45) is 10.4. The van der Waals surface area contributed by atoms with E-state index in [4.69, 9.17) is 0 Å². The molecular formula is C19H20FNS. The average molecular weight is 313 g/mol. The lowest BCUT2D eigenvalue weighted by molar-refractivity contribution is 0.0383. The Labute approximate surface area is 134 Å². The van der Waals surface area contributed by atoms with E-state index in [-0.39, 0.29) is 5.82 Å². The lowest BCUT2D eigenvalue weighted by atomic mass is 9.56. The van der Waals surface area contributed by atoms with Crippen molar-refractivity contribution in [2.75, 3.05) is 0 Å². The van der Waals surface area contributed by atoms with Crippen LogP contribution in [-0.4, -0.2) is 9.73 Å². The molecule has 22 heavy (non-hydrogen) atoms. The van der Waals surface area contributed by atoms with Gasteiger partial charge in [0.25, 0.3) is 0 Å². The minimum atomic E-state index is -0.159. The summed E-state index contributed by atoms with van der Waals surface area (Å²) in [4.78, 5) is 5.63. The number of halogens is 1. The summed E-state index contributed by atoms with van der Waals surface area (Å²) in [5.74, 6) is 2.68. The first-order valence-electron chi connectivity index (χ1n) is 8.42. The summed E-state index contributed by atoms with van der Waals surface area (Å²) in [7, 11) is 0. The Morgan fingerprint density at radius 3 is 2.36 bits per heavy atom. The Hall–Kier alpha value is -1.09. The average Bonchev–Trinajstić information content (AvgIpc) is 2.46. The number of fused-ring (bicyclic) bond motifs is 1. The van der Waals surface area contributed by atoms with Crippen LogP contribution in [0, 0.1) is 23.6 Å². The molecule has 0 saturated heterocycles. The summed E-state index contributed by atoms with van der Waals surface area (Å²) >= 11 is 2.03. The van der Waals surface area contributed by atoms with Crippen LogP contribution < -0.4 is 0 Å². The van der Waals surface area contributed by atoms with Gasteiger partial charge in [0.1, 0.15) is 5.82 Å². The van der Waals surface area contributed by atoms with Gasteiger partial charge in [-0.3, -0.25) is 4.98 Å². The fourth-order valence-corrected chi connectivity index (χ4v) is 7.40. The van der Waals surface area contributed by atoms with Crippen LogP contribution in [0.4, 0.5) is 4.39 Å². The minimum Gasteiger partial charge on any atom is -0.256 e. The third-order valence-electron chi connectivity index (χ3n) is 5.97. The molecule has 4 bridgehead atoms. The van der Waals surface area contributed by atoms with Crippen molar-refractivity contribution in [2.24, 2.45) is 17.8 Å². The molecular weight excluding hydrogens is 293 g/mol. The second-order valence-corrected chi connectivity index (χ2v) is 9.18. The fourth-order valence-electron chi connectivity index (χ4n) is 5.57. The van der Waals surface area contributed by atoms with Crippen LogP contribution in [0.2, 0.25) is 0 Å². The highest BCUT2D eigenvalue weighted by molar-refractivity contribution is 8.00. The van der Waals surface area contributed by atoms with Crippen molar-refractivity contribution in [2.45, 2.75) is 48.2 Å². The maximum absolute atomic E-state index is 13.7. The topological polar surface area (TPSA) is 12.9 Å². The van der Waals surface area contributed by atoms with Crippen LogP contribution >= 0.6 is 11.8 Å². The maximum Gasteiger partial charge on any atom is 0.124 e. The minimum absolute atomic E-state index is 0.159. The second-order valence-electron chi connectivity index (χ2n) is 7.67. The van der Waals surface area contributed by atoms with Crippen molar-refractivity contribution < 1.29 is 4.39 Å². The van der Waals surface area contributed by atoms with Crippen molar-refractivity contribution >= 4 is 22.7 Å². The van der Waals surface area contributed by atoms with Crippen LogP contribution in [0.5, 0.6) is 0 Å². The van der Waals surface area contributed by atoms with Crippen molar-refractivity contribution in [1.29, 1.82) is 0 Å². The normalized spacial score (nSPS) is 36.1. The van der Waals surface area contributed by atoms with Gasteiger partial charge in [0.2, 0.25) is 0 Å². The molecule has 0 unspecified atom stereocenters. The first kappa shape index (κ1) is 13.4. The maximum atomic E-state index is 13.7. The lowest BCUT2D eigenvalue weighted by Gasteiger charge is -2.56. The van der Waals surface area contributed by atoms with Crippen molar-refractivity contribution in [3.63, 3.8) is 0 Å². The van der Waals surface area contributed by atoms with Gasteiger partial charge >= 0.3 is 0 Å². The Morgan fingerprint density at radius 2 is 1.68 bits per heavy atom. The molecule has 1 nitrogen and oxygen atoms in total. The van der Waals surface area contributed by atoms with E-state index in [0.717, 1.165) is 28.7 Å². The van der Waals surface area contributed by atoms with E-state index in [1.165, 1.54) is 49.5 Å². The van der Waals surface area contributed by atoms with Gasteiger partial charge in [-0.1, -0.05) is 0 Å². The third kappa shape index (κ3) is 2.09. The summed E-state index contributed by atoms with van der Waals surface area (Å²) in [6, 6.07) is 7.05. The second kappa shape index (κ2) is 4.70. The summed E-state index contributed by atoms with van der Waals surface area (Å²) < 4.78 is 14.1. The number of hydrogen-bond donors (Lipinski definition) is 0. The number of pyridine rings is 1. The summed E-state index contributed by atoms with van der Waals surface area (Å²) in [6.45, 7) is 0. The standard InChI is InChI=1S/C19H20FNS/c20-15-1-2-17-16(8-15)18(3-4-21-17)22-19-9-12-5-13(10-19)7-14(6-12)11-19/h1-4,8,12-14H,5-7,9-11H2. The SMILES string of the molecule is Fc1ccc2nccc(SC34CC5CC(CC(C5)C3)C4)c2c1. The number of aromatic nitrogens is 1. The molecule has 114 valence electrons. The highest BCUT2D eigenvalue weighted by Gasteiger charge is 2.51. The van der Waals surface area contributed by atoms with E-state index < -0.39 is 0 Å². The van der Waals surface area contributed by atoms with Crippen LogP contribution in [0.3, 0.4) is 0 Å². The Bertz CT molecular complexity index is 706. The summed E-state index contributed by atoms with van der Waals surface area (Å²) in [5, 5.41) is 0.989. The molecule has 0 radical (unpaired) electrons. The lowest BCUT2D eigenvalue weighted by Crippen LogP contribution is -2.48. The molecule has 4 aliphatic rings. The molecule has 4 saturated carbocycles. The number of rotatable bonds is 2. The highest BCUT2D eigenvalue weighted by atomic mass is 32.2. The van der Waals surface area contributed by atoms with Crippen molar-refractivity contribution in [3.05, 3.63) is 36.3 Å². The first-order valence-corrected chi connectivity index (χ1v) is 9.24. The van der Waals surface area contributed by atoms with E-state index in [9.17, 15) is 4.39 Å². The molecule has 3 heteroatoms. The molecule has 4 fully saturated rings. The number of hydrogen-bond acceptors (Lipinski definition) is 2. The Balaban J connectivity index is 1.55. The van der Waals surface area contributed by atoms with E-state index in [2.05, 4.69) is 11.1 Å². The van der Waals surface area contributed by atoms with Gasteiger partial charge in [0.15, 0.2) is 0 Å². The van der Waals surface area contributed by atoms with Gasteiger partial charge < -0.3 is 0 Å². The molecule has 1 aromatic heterocycles. The van der Waals surface area contributed by atoms with Crippen LogP contribution in [-0.2, 0) is 0 Å². The molecule has 6 rings (SSSR count). The fraction of sp³-hybridized carbons (Fsp3) is 0.526. The quantitative estimate of drug-likeness (QED) is 0.732. The van der Waals surface area contributed by atoms with Gasteiger partial charge in [-0.15, -0.1) is 11.8 Å². The van der Waals surface area contributed by atoms with Crippen molar-refractivity contribution in [3.8, 4) is 0 Å². The zero-order valence-electron chi connectivity index (χ0n) is 12.6. The summed E-state index contributed by atoms with van der Waals surface area (Å²) in [5.41, 5.74) is 0.913.